The zero-order chi connectivity index (χ0) is 13.6. The van der Waals surface area contributed by atoms with Gasteiger partial charge in [-0.1, -0.05) is 0 Å². The summed E-state index contributed by atoms with van der Waals surface area (Å²) in [6.07, 6.45) is 4.10. The van der Waals surface area contributed by atoms with Gasteiger partial charge >= 0.3 is 0 Å². The summed E-state index contributed by atoms with van der Waals surface area (Å²) in [5, 5.41) is 6.63. The van der Waals surface area contributed by atoms with Crippen molar-refractivity contribution in [1.82, 2.24) is 5.32 Å². The zero-order valence-electron chi connectivity index (χ0n) is 10.8. The van der Waals surface area contributed by atoms with E-state index in [9.17, 15) is 9.59 Å². The minimum Gasteiger partial charge on any atom is -0.397 e. The van der Waals surface area contributed by atoms with Crippen molar-refractivity contribution in [2.24, 2.45) is 5.92 Å². The molecule has 4 N–H and O–H groups in total. The Balaban J connectivity index is 1.97. The zero-order valence-corrected chi connectivity index (χ0v) is 11.6. The normalized spacial score (nSPS) is 18.2. The predicted octanol–water partition coefficient (Wildman–Crippen LogP) is 1.86. The van der Waals surface area contributed by atoms with Crippen molar-refractivity contribution in [1.29, 1.82) is 0 Å². The number of anilines is 2. The summed E-state index contributed by atoms with van der Waals surface area (Å²) in [5.74, 6) is -0.0180. The minimum atomic E-state index is -0.230. The van der Waals surface area contributed by atoms with Crippen LogP contribution >= 0.6 is 11.3 Å². The number of carbonyl (C=O) groups is 2. The molecule has 1 aromatic heterocycles. The van der Waals surface area contributed by atoms with Crippen molar-refractivity contribution >= 4 is 33.7 Å². The van der Waals surface area contributed by atoms with Gasteiger partial charge in [0.15, 0.2) is 5.78 Å². The van der Waals surface area contributed by atoms with Crippen LogP contribution in [0.5, 0.6) is 0 Å². The van der Waals surface area contributed by atoms with Gasteiger partial charge in [-0.3, -0.25) is 9.59 Å². The van der Waals surface area contributed by atoms with E-state index in [4.69, 9.17) is 5.73 Å². The van der Waals surface area contributed by atoms with E-state index in [1.54, 1.807) is 7.05 Å². The van der Waals surface area contributed by atoms with Gasteiger partial charge < -0.3 is 16.4 Å². The van der Waals surface area contributed by atoms with E-state index in [1.807, 2.05) is 0 Å². The molecule has 1 amide bonds. The summed E-state index contributed by atoms with van der Waals surface area (Å²) in [7, 11) is 1.57. The van der Waals surface area contributed by atoms with E-state index < -0.39 is 0 Å². The van der Waals surface area contributed by atoms with E-state index in [2.05, 4.69) is 10.6 Å². The number of rotatable bonds is 5. The lowest BCUT2D eigenvalue weighted by Crippen LogP contribution is -2.20. The predicted molar refractivity (Wildman–Crippen MR) is 75.8 cm³/mol. The van der Waals surface area contributed by atoms with Crippen LogP contribution in [0.25, 0.3) is 0 Å². The number of ketones is 1. The lowest BCUT2D eigenvalue weighted by molar-refractivity contribution is 0.0964. The van der Waals surface area contributed by atoms with Crippen molar-refractivity contribution in [3.05, 3.63) is 10.4 Å². The molecule has 1 aromatic rings. The highest BCUT2D eigenvalue weighted by atomic mass is 32.1. The van der Waals surface area contributed by atoms with Crippen LogP contribution < -0.4 is 16.4 Å². The van der Waals surface area contributed by atoms with Crippen molar-refractivity contribution in [3.8, 4) is 0 Å². The Kier molecular flexibility index (Phi) is 2.97. The Morgan fingerprint density at radius 1 is 1.26 bits per heavy atom. The first-order valence-electron chi connectivity index (χ1n) is 6.57. The van der Waals surface area contributed by atoms with Gasteiger partial charge in [0, 0.05) is 19.0 Å². The van der Waals surface area contributed by atoms with Gasteiger partial charge in [0.2, 0.25) is 0 Å². The number of carbonyl (C=O) groups excluding carboxylic acids is 2. The number of thiophene rings is 1. The van der Waals surface area contributed by atoms with E-state index in [1.165, 1.54) is 11.3 Å². The topological polar surface area (TPSA) is 84.2 Å². The first-order chi connectivity index (χ1) is 9.11. The van der Waals surface area contributed by atoms with E-state index in [0.29, 0.717) is 22.2 Å². The van der Waals surface area contributed by atoms with Crippen LogP contribution in [0.4, 0.5) is 10.7 Å². The molecule has 19 heavy (non-hydrogen) atoms. The molecule has 0 radical (unpaired) electrons. The van der Waals surface area contributed by atoms with Crippen LogP contribution in [0, 0.1) is 5.92 Å². The maximum absolute atomic E-state index is 12.2. The average Bonchev–Trinajstić information content (AvgIpc) is 3.26. The van der Waals surface area contributed by atoms with Gasteiger partial charge in [0.1, 0.15) is 5.00 Å². The maximum Gasteiger partial charge on any atom is 0.256 e. The van der Waals surface area contributed by atoms with Crippen molar-refractivity contribution in [2.45, 2.75) is 31.7 Å². The van der Waals surface area contributed by atoms with E-state index >= 15 is 0 Å². The fourth-order valence-electron chi connectivity index (χ4n) is 2.02. The third kappa shape index (κ3) is 2.32. The lowest BCUT2D eigenvalue weighted by Gasteiger charge is -2.05. The number of hydrogen-bond acceptors (Lipinski definition) is 5. The third-order valence-corrected chi connectivity index (χ3v) is 4.64. The molecular formula is C13H17N3O2S. The van der Waals surface area contributed by atoms with Crippen LogP contribution in [-0.4, -0.2) is 24.8 Å². The van der Waals surface area contributed by atoms with Crippen LogP contribution in [-0.2, 0) is 0 Å². The molecule has 0 aromatic carbocycles. The Hall–Kier alpha value is -1.56. The number of nitrogen functional groups attached to an aromatic ring is 1. The summed E-state index contributed by atoms with van der Waals surface area (Å²) in [4.78, 5) is 24.7. The van der Waals surface area contributed by atoms with Crippen LogP contribution in [0.15, 0.2) is 0 Å². The lowest BCUT2D eigenvalue weighted by atomic mass is 10.1. The summed E-state index contributed by atoms with van der Waals surface area (Å²) >= 11 is 1.33. The van der Waals surface area contributed by atoms with Crippen molar-refractivity contribution in [2.75, 3.05) is 18.1 Å². The van der Waals surface area contributed by atoms with Crippen LogP contribution in [0.3, 0.4) is 0 Å². The molecule has 2 aliphatic carbocycles. The Bertz CT molecular complexity index is 544. The van der Waals surface area contributed by atoms with Gasteiger partial charge in [-0.2, -0.15) is 0 Å². The van der Waals surface area contributed by atoms with Gasteiger partial charge in [0.05, 0.1) is 16.1 Å². The monoisotopic (exact) mass is 279 g/mol. The molecule has 0 bridgehead atoms. The quantitative estimate of drug-likeness (QED) is 0.718. The van der Waals surface area contributed by atoms with Crippen molar-refractivity contribution < 1.29 is 9.59 Å². The largest absolute Gasteiger partial charge is 0.397 e. The highest BCUT2D eigenvalue weighted by molar-refractivity contribution is 7.19. The number of amides is 1. The standard InChI is InChI=1S/C13H17N3O2S/c1-15-12(18)8-9(14)11(10(17)6-2-3-6)19-13(8)16-7-4-5-7/h6-7,16H,2-5,14H2,1H3,(H,15,18). The van der Waals surface area contributed by atoms with Crippen LogP contribution in [0.1, 0.15) is 45.7 Å². The number of nitrogens with one attached hydrogen (secondary N) is 2. The molecule has 5 nitrogen and oxygen atoms in total. The Morgan fingerprint density at radius 3 is 2.47 bits per heavy atom. The molecule has 3 rings (SSSR count). The highest BCUT2D eigenvalue weighted by Gasteiger charge is 2.35. The summed E-state index contributed by atoms with van der Waals surface area (Å²) < 4.78 is 0. The molecule has 2 aliphatic rings. The molecule has 2 saturated carbocycles. The van der Waals surface area contributed by atoms with E-state index in [-0.39, 0.29) is 17.6 Å². The number of hydrogen-bond donors (Lipinski definition) is 3. The molecule has 0 saturated heterocycles. The molecule has 1 heterocycles. The minimum absolute atomic E-state index is 0.0940. The fourth-order valence-corrected chi connectivity index (χ4v) is 3.24. The maximum atomic E-state index is 12.2. The smallest absolute Gasteiger partial charge is 0.256 e. The molecule has 0 unspecified atom stereocenters. The van der Waals surface area contributed by atoms with Gasteiger partial charge in [0.25, 0.3) is 5.91 Å². The molecule has 102 valence electrons. The second-order valence-corrected chi connectivity index (χ2v) is 6.21. The molecule has 2 fully saturated rings. The Morgan fingerprint density at radius 2 is 1.95 bits per heavy atom. The summed E-state index contributed by atoms with van der Waals surface area (Å²) in [6, 6.07) is 0.422. The third-order valence-electron chi connectivity index (χ3n) is 3.48. The second-order valence-electron chi connectivity index (χ2n) is 5.19. The Labute approximate surface area is 115 Å². The molecule has 0 spiro atoms. The van der Waals surface area contributed by atoms with Gasteiger partial charge in [-0.05, 0) is 25.7 Å². The number of Topliss-reactive ketones (excluding diaryl/α,β-unsaturated/α-hetero) is 1. The molecule has 0 atom stereocenters. The molecule has 0 aliphatic heterocycles. The summed E-state index contributed by atoms with van der Waals surface area (Å²) in [6.45, 7) is 0. The number of nitrogens with two attached hydrogens (primary N) is 1. The summed E-state index contributed by atoms with van der Waals surface area (Å²) in [5.41, 5.74) is 6.80. The SMILES string of the molecule is CNC(=O)c1c(NC2CC2)sc(C(=O)C2CC2)c1N. The molecular weight excluding hydrogens is 262 g/mol. The van der Waals surface area contributed by atoms with Gasteiger partial charge in [-0.15, -0.1) is 11.3 Å². The highest BCUT2D eigenvalue weighted by Crippen LogP contribution is 2.43. The average molecular weight is 279 g/mol. The second kappa shape index (κ2) is 4.52. The fraction of sp³-hybridized carbons (Fsp3) is 0.538. The molecule has 6 heteroatoms. The first-order valence-corrected chi connectivity index (χ1v) is 7.38. The van der Waals surface area contributed by atoms with Crippen molar-refractivity contribution in [3.63, 3.8) is 0 Å². The van der Waals surface area contributed by atoms with E-state index in [0.717, 1.165) is 30.7 Å². The van der Waals surface area contributed by atoms with Crippen LogP contribution in [0.2, 0.25) is 0 Å². The first kappa shape index (κ1) is 12.5. The van der Waals surface area contributed by atoms with Gasteiger partial charge in [-0.25, -0.2) is 0 Å².